The van der Waals surface area contributed by atoms with E-state index in [4.69, 9.17) is 4.74 Å². The number of anilines is 1. The number of benzene rings is 1. The Morgan fingerprint density at radius 2 is 1.87 bits per heavy atom. The Morgan fingerprint density at radius 1 is 1.17 bits per heavy atom. The first-order valence-electron chi connectivity index (χ1n) is 10.1. The summed E-state index contributed by atoms with van der Waals surface area (Å²) in [6, 6.07) is 5.66. The van der Waals surface area contributed by atoms with Gasteiger partial charge in [0, 0.05) is 37.4 Å². The molecule has 0 aromatic heterocycles. The van der Waals surface area contributed by atoms with Crippen molar-refractivity contribution in [3.63, 3.8) is 0 Å². The number of carbonyl (C=O) groups excluding carboxylic acids is 2. The Kier molecular flexibility index (Phi) is 6.28. The highest BCUT2D eigenvalue weighted by Gasteiger charge is 2.32. The molecule has 3 amide bonds. The summed E-state index contributed by atoms with van der Waals surface area (Å²) in [4.78, 5) is 28.4. The Labute approximate surface area is 177 Å². The molecule has 1 aromatic carbocycles. The lowest BCUT2D eigenvalue weighted by Gasteiger charge is -2.40. The number of nitrogens with zero attached hydrogens (tertiary/aromatic N) is 2. The third-order valence-corrected chi connectivity index (χ3v) is 6.35. The molecule has 9 nitrogen and oxygen atoms in total. The molecule has 1 aliphatic carbocycles. The van der Waals surface area contributed by atoms with Crippen LogP contribution in [0.1, 0.15) is 40.5 Å². The Morgan fingerprint density at radius 3 is 2.47 bits per heavy atom. The summed E-state index contributed by atoms with van der Waals surface area (Å²) in [6.07, 6.45) is 1.31. The van der Waals surface area contributed by atoms with Crippen LogP contribution in [-0.4, -0.2) is 67.7 Å². The topological polar surface area (TPSA) is 108 Å². The van der Waals surface area contributed by atoms with Crippen LogP contribution in [0.15, 0.2) is 29.2 Å². The van der Waals surface area contributed by atoms with Crippen LogP contribution >= 0.6 is 0 Å². The van der Waals surface area contributed by atoms with E-state index in [1.54, 1.807) is 21.9 Å². The first-order valence-corrected chi connectivity index (χ1v) is 11.6. The van der Waals surface area contributed by atoms with Crippen molar-refractivity contribution in [2.45, 2.75) is 63.1 Å². The summed E-state index contributed by atoms with van der Waals surface area (Å²) in [6.45, 7) is 8.38. The molecule has 1 heterocycles. The molecule has 10 heteroatoms. The molecule has 2 N–H and O–H groups in total. The lowest BCUT2D eigenvalue weighted by molar-refractivity contribution is 0.0112. The van der Waals surface area contributed by atoms with Crippen LogP contribution in [0.2, 0.25) is 0 Å². The summed E-state index contributed by atoms with van der Waals surface area (Å²) < 4.78 is 32.8. The molecule has 2 aliphatic rings. The van der Waals surface area contributed by atoms with Crippen LogP contribution in [0.25, 0.3) is 0 Å². The minimum Gasteiger partial charge on any atom is -0.444 e. The predicted octanol–water partition coefficient (Wildman–Crippen LogP) is 2.60. The van der Waals surface area contributed by atoms with E-state index in [0.717, 1.165) is 12.8 Å². The van der Waals surface area contributed by atoms with Gasteiger partial charge < -0.3 is 19.9 Å². The second-order valence-corrected chi connectivity index (χ2v) is 10.5. The summed E-state index contributed by atoms with van der Waals surface area (Å²) in [5, 5.41) is 2.77. The van der Waals surface area contributed by atoms with Gasteiger partial charge in [-0.15, -0.1) is 0 Å². The molecule has 0 bridgehead atoms. The number of rotatable bonds is 4. The van der Waals surface area contributed by atoms with Crippen molar-refractivity contribution in [3.8, 4) is 0 Å². The normalized spacial score (nSPS) is 20.1. The van der Waals surface area contributed by atoms with Crippen molar-refractivity contribution in [1.29, 1.82) is 0 Å². The molecule has 1 atom stereocenters. The maximum atomic E-state index is 12.7. The number of carbonyl (C=O) groups is 2. The second kappa shape index (κ2) is 8.43. The second-order valence-electron chi connectivity index (χ2n) is 8.82. The van der Waals surface area contributed by atoms with Crippen LogP contribution in [0, 0.1) is 0 Å². The molecule has 1 aromatic rings. The Bertz CT molecular complexity index is 908. The lowest BCUT2D eigenvalue weighted by Crippen LogP contribution is -2.57. The molecule has 1 unspecified atom stereocenters. The minimum absolute atomic E-state index is 0.00960. The standard InChI is InChI=1S/C20H30N4O5S/c1-14-13-23(19(26)29-20(2,3)4)10-11-24(14)18(25)21-16-6-5-7-17(12-16)30(27,28)22-15-8-9-15/h5-7,12,14-15,22H,8-11,13H2,1-4H3,(H,21,25). The van der Waals surface area contributed by atoms with Gasteiger partial charge in [-0.2, -0.15) is 0 Å². The van der Waals surface area contributed by atoms with Gasteiger partial charge in [-0.05, 0) is 58.7 Å². The maximum absolute atomic E-state index is 12.7. The van der Waals surface area contributed by atoms with E-state index in [0.29, 0.717) is 25.3 Å². The SMILES string of the molecule is CC1CN(C(=O)OC(C)(C)C)CCN1C(=O)Nc1cccc(S(=O)(=O)NC2CC2)c1. The fraction of sp³-hybridized carbons (Fsp3) is 0.600. The Balaban J connectivity index is 1.60. The largest absolute Gasteiger partial charge is 0.444 e. The van der Waals surface area contributed by atoms with E-state index in [9.17, 15) is 18.0 Å². The van der Waals surface area contributed by atoms with Gasteiger partial charge in [0.15, 0.2) is 0 Å². The number of urea groups is 1. The van der Waals surface area contributed by atoms with E-state index >= 15 is 0 Å². The zero-order valence-corrected chi connectivity index (χ0v) is 18.7. The maximum Gasteiger partial charge on any atom is 0.410 e. The van der Waals surface area contributed by atoms with Gasteiger partial charge in [0.2, 0.25) is 10.0 Å². The zero-order chi connectivity index (χ0) is 22.1. The van der Waals surface area contributed by atoms with Gasteiger partial charge in [0.1, 0.15) is 5.60 Å². The average molecular weight is 439 g/mol. The average Bonchev–Trinajstić information content (AvgIpc) is 3.43. The lowest BCUT2D eigenvalue weighted by atomic mass is 10.2. The summed E-state index contributed by atoms with van der Waals surface area (Å²) in [5.74, 6) is 0. The highest BCUT2D eigenvalue weighted by Crippen LogP contribution is 2.24. The molecule has 166 valence electrons. The van der Waals surface area contributed by atoms with Crippen molar-refractivity contribution < 1.29 is 22.7 Å². The molecular weight excluding hydrogens is 408 g/mol. The highest BCUT2D eigenvalue weighted by atomic mass is 32.2. The summed E-state index contributed by atoms with van der Waals surface area (Å²) in [5.41, 5.74) is -0.172. The first-order chi connectivity index (χ1) is 13.9. The number of hydrogen-bond acceptors (Lipinski definition) is 5. The number of piperazine rings is 1. The van der Waals surface area contributed by atoms with E-state index in [1.165, 1.54) is 12.1 Å². The zero-order valence-electron chi connectivity index (χ0n) is 17.8. The van der Waals surface area contributed by atoms with Crippen LogP contribution < -0.4 is 10.0 Å². The molecule has 30 heavy (non-hydrogen) atoms. The molecule has 0 radical (unpaired) electrons. The number of sulfonamides is 1. The fourth-order valence-electron chi connectivity index (χ4n) is 3.18. The molecule has 1 saturated carbocycles. The highest BCUT2D eigenvalue weighted by molar-refractivity contribution is 7.89. The van der Waals surface area contributed by atoms with Gasteiger partial charge in [-0.25, -0.2) is 22.7 Å². The van der Waals surface area contributed by atoms with Crippen molar-refractivity contribution >= 4 is 27.8 Å². The van der Waals surface area contributed by atoms with Gasteiger partial charge >= 0.3 is 12.1 Å². The number of ether oxygens (including phenoxy) is 1. The predicted molar refractivity (Wildman–Crippen MR) is 113 cm³/mol. The Hall–Kier alpha value is -2.33. The third-order valence-electron chi connectivity index (χ3n) is 4.83. The summed E-state index contributed by atoms with van der Waals surface area (Å²) >= 11 is 0. The molecule has 1 saturated heterocycles. The van der Waals surface area contributed by atoms with Gasteiger partial charge in [-0.3, -0.25) is 0 Å². The van der Waals surface area contributed by atoms with E-state index < -0.39 is 21.7 Å². The van der Waals surface area contributed by atoms with Crippen molar-refractivity contribution in [1.82, 2.24) is 14.5 Å². The van der Waals surface area contributed by atoms with Gasteiger partial charge in [-0.1, -0.05) is 6.07 Å². The van der Waals surface area contributed by atoms with Gasteiger partial charge in [0.05, 0.1) is 4.90 Å². The number of hydrogen-bond donors (Lipinski definition) is 2. The first kappa shape index (κ1) is 22.4. The van der Waals surface area contributed by atoms with E-state index in [-0.39, 0.29) is 23.0 Å². The van der Waals surface area contributed by atoms with Crippen molar-refractivity contribution in [2.24, 2.45) is 0 Å². The number of nitrogens with one attached hydrogen (secondary N) is 2. The van der Waals surface area contributed by atoms with Crippen molar-refractivity contribution in [3.05, 3.63) is 24.3 Å². The van der Waals surface area contributed by atoms with Crippen LogP contribution in [0.5, 0.6) is 0 Å². The fourth-order valence-corrected chi connectivity index (χ4v) is 4.53. The molecule has 3 rings (SSSR count). The van der Waals surface area contributed by atoms with Crippen LogP contribution in [0.3, 0.4) is 0 Å². The quantitative estimate of drug-likeness (QED) is 0.751. The van der Waals surface area contributed by atoms with E-state index in [1.807, 2.05) is 27.7 Å². The monoisotopic (exact) mass is 438 g/mol. The smallest absolute Gasteiger partial charge is 0.410 e. The van der Waals surface area contributed by atoms with Crippen molar-refractivity contribution in [2.75, 3.05) is 25.0 Å². The molecular formula is C20H30N4O5S. The molecule has 0 spiro atoms. The molecule has 2 fully saturated rings. The van der Waals surface area contributed by atoms with Crippen LogP contribution in [-0.2, 0) is 14.8 Å². The van der Waals surface area contributed by atoms with E-state index in [2.05, 4.69) is 10.0 Å². The third kappa shape index (κ3) is 5.85. The minimum atomic E-state index is -3.60. The summed E-state index contributed by atoms with van der Waals surface area (Å²) in [7, 11) is -3.60. The van der Waals surface area contributed by atoms with Crippen LogP contribution in [0.4, 0.5) is 15.3 Å². The molecule has 1 aliphatic heterocycles. The van der Waals surface area contributed by atoms with Gasteiger partial charge in [0.25, 0.3) is 0 Å². The number of amides is 3.